The Hall–Kier alpha value is -2.82. The lowest BCUT2D eigenvalue weighted by Crippen LogP contribution is -2.28. The largest absolute Gasteiger partial charge is 0.497 e. The van der Waals surface area contributed by atoms with Gasteiger partial charge in [-0.1, -0.05) is 24.3 Å². The molecule has 5 heteroatoms. The van der Waals surface area contributed by atoms with Crippen LogP contribution in [-0.4, -0.2) is 30.4 Å². The Labute approximate surface area is 173 Å². The highest BCUT2D eigenvalue weighted by Crippen LogP contribution is 2.36. The van der Waals surface area contributed by atoms with Gasteiger partial charge in [-0.25, -0.2) is 0 Å². The second-order valence-electron chi connectivity index (χ2n) is 7.60. The second kappa shape index (κ2) is 9.59. The Morgan fingerprint density at radius 2 is 2.00 bits per heavy atom. The first-order valence-corrected chi connectivity index (χ1v) is 10.3. The maximum Gasteiger partial charge on any atom is 0.224 e. The number of anilines is 1. The highest BCUT2D eigenvalue weighted by molar-refractivity contribution is 5.92. The lowest BCUT2D eigenvalue weighted by molar-refractivity contribution is -0.129. The molecule has 3 rings (SSSR count). The van der Waals surface area contributed by atoms with E-state index < -0.39 is 0 Å². The van der Waals surface area contributed by atoms with Crippen molar-refractivity contribution in [3.05, 3.63) is 59.2 Å². The molecule has 0 radical (unpaired) electrons. The first-order chi connectivity index (χ1) is 14.0. The molecule has 1 N–H and O–H groups in total. The molecule has 1 aliphatic rings. The molecule has 0 spiro atoms. The van der Waals surface area contributed by atoms with Gasteiger partial charge in [0, 0.05) is 32.1 Å². The summed E-state index contributed by atoms with van der Waals surface area (Å²) in [6.07, 6.45) is 3.59. The number of methoxy groups -OCH3 is 1. The van der Waals surface area contributed by atoms with Crippen LogP contribution in [0, 0.1) is 0 Å². The number of carbonyl (C=O) groups is 2. The molecule has 154 valence electrons. The van der Waals surface area contributed by atoms with E-state index in [9.17, 15) is 9.59 Å². The van der Waals surface area contributed by atoms with E-state index in [1.807, 2.05) is 37.3 Å². The van der Waals surface area contributed by atoms with E-state index in [1.54, 1.807) is 18.9 Å². The summed E-state index contributed by atoms with van der Waals surface area (Å²) in [5, 5.41) is 3.08. The Kier molecular flexibility index (Phi) is 6.91. The molecule has 29 heavy (non-hydrogen) atoms. The smallest absolute Gasteiger partial charge is 0.224 e. The van der Waals surface area contributed by atoms with E-state index in [4.69, 9.17) is 4.74 Å². The van der Waals surface area contributed by atoms with E-state index in [0.29, 0.717) is 19.5 Å². The van der Waals surface area contributed by atoms with Crippen molar-refractivity contribution >= 4 is 17.5 Å². The predicted octanol–water partition coefficient (Wildman–Crippen LogP) is 4.51. The number of aryl methyl sites for hydroxylation is 1. The summed E-state index contributed by atoms with van der Waals surface area (Å²) in [5.74, 6) is 1.13. The van der Waals surface area contributed by atoms with Crippen LogP contribution in [0.25, 0.3) is 0 Å². The number of hydrogen-bond donors (Lipinski definition) is 1. The fourth-order valence-corrected chi connectivity index (χ4v) is 4.09. The number of rotatable bonds is 7. The molecule has 1 aliphatic carbocycles. The minimum atomic E-state index is 0.0111. The fraction of sp³-hybridized carbons (Fsp3) is 0.417. The highest BCUT2D eigenvalue weighted by atomic mass is 16.5. The van der Waals surface area contributed by atoms with Gasteiger partial charge in [-0.05, 0) is 67.0 Å². The van der Waals surface area contributed by atoms with Crippen molar-refractivity contribution in [2.75, 3.05) is 19.0 Å². The topological polar surface area (TPSA) is 58.6 Å². The normalized spacial score (nSPS) is 15.3. The van der Waals surface area contributed by atoms with Gasteiger partial charge in [0.2, 0.25) is 11.8 Å². The second-order valence-corrected chi connectivity index (χ2v) is 7.60. The summed E-state index contributed by atoms with van der Waals surface area (Å²) >= 11 is 0. The molecule has 2 aromatic rings. The van der Waals surface area contributed by atoms with Crippen molar-refractivity contribution < 1.29 is 14.3 Å². The molecule has 0 saturated carbocycles. The third kappa shape index (κ3) is 5.17. The monoisotopic (exact) mass is 394 g/mol. The Morgan fingerprint density at radius 1 is 1.21 bits per heavy atom. The molecule has 0 fully saturated rings. The number of nitrogens with one attached hydrogen (secondary N) is 1. The van der Waals surface area contributed by atoms with E-state index in [2.05, 4.69) is 17.4 Å². The van der Waals surface area contributed by atoms with Gasteiger partial charge in [0.15, 0.2) is 0 Å². The number of para-hydroxylation sites is 1. The first-order valence-electron chi connectivity index (χ1n) is 10.3. The Morgan fingerprint density at radius 3 is 2.72 bits per heavy atom. The Bertz CT molecular complexity index is 878. The van der Waals surface area contributed by atoms with Crippen molar-refractivity contribution in [1.29, 1.82) is 0 Å². The quantitative estimate of drug-likeness (QED) is 0.752. The molecule has 0 saturated heterocycles. The van der Waals surface area contributed by atoms with Gasteiger partial charge in [0.05, 0.1) is 7.11 Å². The summed E-state index contributed by atoms with van der Waals surface area (Å²) in [4.78, 5) is 26.4. The van der Waals surface area contributed by atoms with Crippen LogP contribution in [0.4, 0.5) is 5.69 Å². The number of benzene rings is 2. The van der Waals surface area contributed by atoms with E-state index >= 15 is 0 Å². The average Bonchev–Trinajstić information content (AvgIpc) is 2.72. The molecule has 2 amide bonds. The van der Waals surface area contributed by atoms with Crippen LogP contribution < -0.4 is 10.1 Å². The standard InChI is InChI=1S/C24H30N2O3/c1-4-26(17(2)27)16-20-8-5-6-11-23(20)25-24(28)15-19-10-7-9-18-14-21(29-3)12-13-22(18)19/h5-6,8,11-14,19H,4,7,9-10,15-16H2,1-3H3,(H,25,28). The molecular weight excluding hydrogens is 364 g/mol. The zero-order valence-corrected chi connectivity index (χ0v) is 17.5. The number of ether oxygens (including phenoxy) is 1. The zero-order valence-electron chi connectivity index (χ0n) is 17.5. The van der Waals surface area contributed by atoms with Gasteiger partial charge in [-0.15, -0.1) is 0 Å². The van der Waals surface area contributed by atoms with Gasteiger partial charge in [-0.2, -0.15) is 0 Å². The van der Waals surface area contributed by atoms with Crippen molar-refractivity contribution in [3.8, 4) is 5.75 Å². The van der Waals surface area contributed by atoms with Crippen molar-refractivity contribution in [3.63, 3.8) is 0 Å². The maximum atomic E-state index is 12.8. The van der Waals surface area contributed by atoms with Gasteiger partial charge in [-0.3, -0.25) is 9.59 Å². The van der Waals surface area contributed by atoms with E-state index in [-0.39, 0.29) is 17.7 Å². The fourth-order valence-electron chi connectivity index (χ4n) is 4.09. The number of carbonyl (C=O) groups excluding carboxylic acids is 2. The third-order valence-corrected chi connectivity index (χ3v) is 5.70. The van der Waals surface area contributed by atoms with Crippen LogP contribution in [0.5, 0.6) is 5.75 Å². The number of fused-ring (bicyclic) bond motifs is 1. The molecule has 0 heterocycles. The van der Waals surface area contributed by atoms with Crippen LogP contribution in [0.15, 0.2) is 42.5 Å². The zero-order chi connectivity index (χ0) is 20.8. The molecule has 0 aromatic heterocycles. The predicted molar refractivity (Wildman–Crippen MR) is 115 cm³/mol. The van der Waals surface area contributed by atoms with Crippen LogP contribution in [0.1, 0.15) is 55.7 Å². The molecule has 1 atom stereocenters. The summed E-state index contributed by atoms with van der Waals surface area (Å²) in [7, 11) is 1.68. The van der Waals surface area contributed by atoms with E-state index in [0.717, 1.165) is 36.3 Å². The van der Waals surface area contributed by atoms with Crippen LogP contribution in [-0.2, 0) is 22.6 Å². The van der Waals surface area contributed by atoms with Crippen molar-refractivity contribution in [1.82, 2.24) is 4.90 Å². The number of nitrogens with zero attached hydrogens (tertiary/aromatic N) is 1. The summed E-state index contributed by atoms with van der Waals surface area (Å²) in [5.41, 5.74) is 4.28. The molecular formula is C24H30N2O3. The molecule has 5 nitrogen and oxygen atoms in total. The third-order valence-electron chi connectivity index (χ3n) is 5.70. The molecule has 0 bridgehead atoms. The number of hydrogen-bond acceptors (Lipinski definition) is 3. The summed E-state index contributed by atoms with van der Waals surface area (Å²) in [6, 6.07) is 13.9. The van der Waals surface area contributed by atoms with Crippen LogP contribution in [0.3, 0.4) is 0 Å². The van der Waals surface area contributed by atoms with Gasteiger partial charge >= 0.3 is 0 Å². The van der Waals surface area contributed by atoms with Crippen molar-refractivity contribution in [2.45, 2.75) is 52.0 Å². The van der Waals surface area contributed by atoms with Crippen molar-refractivity contribution in [2.24, 2.45) is 0 Å². The van der Waals surface area contributed by atoms with Gasteiger partial charge in [0.1, 0.15) is 5.75 Å². The van der Waals surface area contributed by atoms with Gasteiger partial charge < -0.3 is 15.0 Å². The first kappa shape index (κ1) is 20.9. The molecule has 0 aliphatic heterocycles. The lowest BCUT2D eigenvalue weighted by atomic mass is 9.81. The molecule has 2 aromatic carbocycles. The summed E-state index contributed by atoms with van der Waals surface area (Å²) in [6.45, 7) is 4.66. The van der Waals surface area contributed by atoms with Crippen LogP contribution in [0.2, 0.25) is 0 Å². The van der Waals surface area contributed by atoms with Gasteiger partial charge in [0.25, 0.3) is 0 Å². The minimum absolute atomic E-state index is 0.0111. The molecule has 1 unspecified atom stereocenters. The Balaban J connectivity index is 1.70. The number of amides is 2. The maximum absolute atomic E-state index is 12.8. The van der Waals surface area contributed by atoms with E-state index in [1.165, 1.54) is 11.1 Å². The minimum Gasteiger partial charge on any atom is -0.497 e. The lowest BCUT2D eigenvalue weighted by Gasteiger charge is -2.26. The highest BCUT2D eigenvalue weighted by Gasteiger charge is 2.23. The SMILES string of the molecule is CCN(Cc1ccccc1NC(=O)CC1CCCc2cc(OC)ccc21)C(C)=O. The average molecular weight is 395 g/mol. The van der Waals surface area contributed by atoms with Crippen LogP contribution >= 0.6 is 0 Å². The summed E-state index contributed by atoms with van der Waals surface area (Å²) < 4.78 is 5.34.